The zero-order valence-electron chi connectivity index (χ0n) is 18.2. The van der Waals surface area contributed by atoms with Gasteiger partial charge in [0.15, 0.2) is 0 Å². The van der Waals surface area contributed by atoms with Gasteiger partial charge in [-0.2, -0.15) is 4.37 Å². The van der Waals surface area contributed by atoms with Gasteiger partial charge in [0.25, 0.3) is 0 Å². The number of carbonyl (C=O) groups is 1. The SMILES string of the molecule is COc1ccccc1N1CCN(C(=O)CN(C)c2nc(Cc3ccc(Cl)cc3)ns2)CC1. The first-order valence-electron chi connectivity index (χ1n) is 10.5. The van der Waals surface area contributed by atoms with Gasteiger partial charge in [0.1, 0.15) is 11.6 Å². The molecular formula is C23H26ClN5O2S. The van der Waals surface area contributed by atoms with Gasteiger partial charge in [0.05, 0.1) is 19.3 Å². The van der Waals surface area contributed by atoms with Gasteiger partial charge in [-0.3, -0.25) is 4.79 Å². The van der Waals surface area contributed by atoms with Crippen molar-refractivity contribution < 1.29 is 9.53 Å². The molecule has 1 saturated heterocycles. The molecule has 0 unspecified atom stereocenters. The van der Waals surface area contributed by atoms with Crippen LogP contribution in [0.4, 0.5) is 10.8 Å². The lowest BCUT2D eigenvalue weighted by molar-refractivity contribution is -0.129. The van der Waals surface area contributed by atoms with Gasteiger partial charge in [0.2, 0.25) is 11.0 Å². The highest BCUT2D eigenvalue weighted by Gasteiger charge is 2.24. The Labute approximate surface area is 197 Å². The molecule has 0 radical (unpaired) electrons. The number of aromatic nitrogens is 2. The predicted octanol–water partition coefficient (Wildman–Crippen LogP) is 3.58. The summed E-state index contributed by atoms with van der Waals surface area (Å²) in [5, 5.41) is 1.46. The van der Waals surface area contributed by atoms with E-state index >= 15 is 0 Å². The molecule has 2 aromatic carbocycles. The fourth-order valence-electron chi connectivity index (χ4n) is 3.71. The van der Waals surface area contributed by atoms with E-state index in [2.05, 4.69) is 20.3 Å². The molecular weight excluding hydrogens is 446 g/mol. The first-order chi connectivity index (χ1) is 15.5. The summed E-state index contributed by atoms with van der Waals surface area (Å²) in [6.07, 6.45) is 0.639. The third kappa shape index (κ3) is 5.31. The maximum absolute atomic E-state index is 12.9. The average molecular weight is 472 g/mol. The fraction of sp³-hybridized carbons (Fsp3) is 0.348. The van der Waals surface area contributed by atoms with Crippen molar-refractivity contribution in [2.45, 2.75) is 6.42 Å². The molecule has 1 fully saturated rings. The number of ether oxygens (including phenoxy) is 1. The molecule has 1 aromatic heterocycles. The Hall–Kier alpha value is -2.84. The summed E-state index contributed by atoms with van der Waals surface area (Å²) < 4.78 is 9.92. The molecule has 3 aromatic rings. The topological polar surface area (TPSA) is 61.8 Å². The van der Waals surface area contributed by atoms with Gasteiger partial charge in [-0.05, 0) is 29.8 Å². The van der Waals surface area contributed by atoms with Crippen molar-refractivity contribution in [2.75, 3.05) is 56.7 Å². The van der Waals surface area contributed by atoms with Crippen LogP contribution in [0.3, 0.4) is 0 Å². The lowest BCUT2D eigenvalue weighted by Crippen LogP contribution is -2.51. The summed E-state index contributed by atoms with van der Waals surface area (Å²) in [5.74, 6) is 1.70. The van der Waals surface area contributed by atoms with Gasteiger partial charge in [-0.1, -0.05) is 35.9 Å². The number of rotatable bonds is 7. The standard InChI is InChI=1S/C23H26ClN5O2S/c1-27(23-25-21(26-32-23)15-17-7-9-18(24)10-8-17)16-22(30)29-13-11-28(12-14-29)19-5-3-4-6-20(19)31-2/h3-10H,11-16H2,1-2H3. The lowest BCUT2D eigenvalue weighted by Gasteiger charge is -2.37. The number of likely N-dealkylation sites (N-methyl/N-ethyl adjacent to an activating group) is 1. The molecule has 7 nitrogen and oxygen atoms in total. The first-order valence-corrected chi connectivity index (χ1v) is 11.6. The molecule has 0 atom stereocenters. The van der Waals surface area contributed by atoms with Crippen molar-refractivity contribution in [1.29, 1.82) is 0 Å². The zero-order chi connectivity index (χ0) is 22.5. The fourth-order valence-corrected chi connectivity index (χ4v) is 4.48. The third-order valence-corrected chi connectivity index (χ3v) is 6.61. The molecule has 1 aliphatic heterocycles. The monoisotopic (exact) mass is 471 g/mol. The van der Waals surface area contributed by atoms with Crippen LogP contribution in [0.25, 0.3) is 0 Å². The number of hydrogen-bond donors (Lipinski definition) is 0. The molecule has 4 rings (SSSR count). The van der Waals surface area contributed by atoms with Crippen molar-refractivity contribution in [1.82, 2.24) is 14.3 Å². The number of piperazine rings is 1. The Morgan fingerprint density at radius 2 is 1.84 bits per heavy atom. The molecule has 0 saturated carbocycles. The normalized spacial score (nSPS) is 13.8. The number of carbonyl (C=O) groups excluding carboxylic acids is 1. The van der Waals surface area contributed by atoms with E-state index in [-0.39, 0.29) is 12.5 Å². The molecule has 1 aliphatic rings. The summed E-state index contributed by atoms with van der Waals surface area (Å²) in [4.78, 5) is 23.5. The number of methoxy groups -OCH3 is 1. The van der Waals surface area contributed by atoms with Crippen molar-refractivity contribution in [2.24, 2.45) is 0 Å². The highest BCUT2D eigenvalue weighted by Crippen LogP contribution is 2.28. The molecule has 0 aliphatic carbocycles. The second-order valence-electron chi connectivity index (χ2n) is 7.69. The van der Waals surface area contributed by atoms with Crippen molar-refractivity contribution in [3.8, 4) is 5.75 Å². The summed E-state index contributed by atoms with van der Waals surface area (Å²) in [7, 11) is 3.57. The van der Waals surface area contributed by atoms with Crippen LogP contribution < -0.4 is 14.5 Å². The average Bonchev–Trinajstić information content (AvgIpc) is 3.29. The lowest BCUT2D eigenvalue weighted by atomic mass is 10.1. The molecule has 9 heteroatoms. The maximum Gasteiger partial charge on any atom is 0.242 e. The van der Waals surface area contributed by atoms with Crippen molar-refractivity contribution >= 4 is 39.9 Å². The molecule has 0 N–H and O–H groups in total. The molecule has 32 heavy (non-hydrogen) atoms. The van der Waals surface area contributed by atoms with Crippen molar-refractivity contribution in [3.63, 3.8) is 0 Å². The minimum Gasteiger partial charge on any atom is -0.495 e. The van der Waals surface area contributed by atoms with E-state index in [0.29, 0.717) is 24.5 Å². The van der Waals surface area contributed by atoms with Crippen LogP contribution in [0.15, 0.2) is 48.5 Å². The van der Waals surface area contributed by atoms with Crippen molar-refractivity contribution in [3.05, 3.63) is 64.9 Å². The largest absolute Gasteiger partial charge is 0.495 e. The molecule has 2 heterocycles. The van der Waals surface area contributed by atoms with Crippen LogP contribution in [-0.2, 0) is 11.2 Å². The maximum atomic E-state index is 12.9. The van der Waals surface area contributed by atoms with E-state index < -0.39 is 0 Å². The number of amides is 1. The number of anilines is 2. The van der Waals surface area contributed by atoms with E-state index in [4.69, 9.17) is 16.3 Å². The highest BCUT2D eigenvalue weighted by atomic mass is 35.5. The predicted molar refractivity (Wildman–Crippen MR) is 129 cm³/mol. The minimum absolute atomic E-state index is 0.0987. The van der Waals surface area contributed by atoms with Gasteiger partial charge in [-0.15, -0.1) is 0 Å². The van der Waals surface area contributed by atoms with Crippen LogP contribution in [0.2, 0.25) is 5.02 Å². The smallest absolute Gasteiger partial charge is 0.242 e. The summed E-state index contributed by atoms with van der Waals surface area (Å²) in [6, 6.07) is 15.7. The Morgan fingerprint density at radius 3 is 2.56 bits per heavy atom. The molecule has 168 valence electrons. The summed E-state index contributed by atoms with van der Waals surface area (Å²) in [5.41, 5.74) is 2.17. The van der Waals surface area contributed by atoms with Crippen LogP contribution in [0.1, 0.15) is 11.4 Å². The van der Waals surface area contributed by atoms with Gasteiger partial charge in [0, 0.05) is 56.2 Å². The molecule has 0 spiro atoms. The van der Waals surface area contributed by atoms with Gasteiger partial charge >= 0.3 is 0 Å². The van der Waals surface area contributed by atoms with E-state index in [0.717, 1.165) is 41.0 Å². The Morgan fingerprint density at radius 1 is 1.12 bits per heavy atom. The van der Waals surface area contributed by atoms with Crippen LogP contribution in [0.5, 0.6) is 5.75 Å². The van der Waals surface area contributed by atoms with Gasteiger partial charge < -0.3 is 19.4 Å². The number of benzene rings is 2. The first kappa shape index (κ1) is 22.4. The number of para-hydroxylation sites is 2. The van der Waals surface area contributed by atoms with E-state index in [9.17, 15) is 4.79 Å². The number of nitrogens with zero attached hydrogens (tertiary/aromatic N) is 5. The number of halogens is 1. The number of hydrogen-bond acceptors (Lipinski definition) is 7. The summed E-state index contributed by atoms with van der Waals surface area (Å²) in [6.45, 7) is 3.20. The van der Waals surface area contributed by atoms with Crippen LogP contribution >= 0.6 is 23.1 Å². The van der Waals surface area contributed by atoms with Gasteiger partial charge in [-0.25, -0.2) is 4.98 Å². The third-order valence-electron chi connectivity index (χ3n) is 5.49. The Kier molecular flexibility index (Phi) is 7.12. The summed E-state index contributed by atoms with van der Waals surface area (Å²) >= 11 is 7.26. The quantitative estimate of drug-likeness (QED) is 0.525. The Bertz CT molecular complexity index is 1050. The van der Waals surface area contributed by atoms with Crippen LogP contribution in [0, 0.1) is 0 Å². The Balaban J connectivity index is 1.30. The van der Waals surface area contributed by atoms with E-state index in [1.165, 1.54) is 11.5 Å². The molecule has 0 bridgehead atoms. The second-order valence-corrected chi connectivity index (χ2v) is 8.86. The minimum atomic E-state index is 0.0987. The zero-order valence-corrected chi connectivity index (χ0v) is 19.8. The van der Waals surface area contributed by atoms with E-state index in [1.54, 1.807) is 7.11 Å². The van der Waals surface area contributed by atoms with E-state index in [1.807, 2.05) is 59.3 Å². The highest BCUT2D eigenvalue weighted by molar-refractivity contribution is 7.09. The van der Waals surface area contributed by atoms with Crippen LogP contribution in [-0.4, -0.2) is 67.0 Å². The second kappa shape index (κ2) is 10.2. The molecule has 1 amide bonds.